The Morgan fingerprint density at radius 1 is 1.40 bits per heavy atom. The van der Waals surface area contributed by atoms with Crippen LogP contribution in [0.15, 0.2) is 0 Å². The van der Waals surface area contributed by atoms with Crippen LogP contribution in [0.1, 0.15) is 33.6 Å². The molecule has 0 aliphatic carbocycles. The molecule has 0 bridgehead atoms. The van der Waals surface area contributed by atoms with Crippen molar-refractivity contribution < 1.29 is 19.4 Å². The Morgan fingerprint density at radius 2 is 1.67 bits per heavy atom. The number of hydrogen-bond acceptors (Lipinski definition) is 4. The molecule has 94 valence electrons. The van der Waals surface area contributed by atoms with Gasteiger partial charge in [-0.3, -0.25) is 9.36 Å². The number of carboxylic acids is 1. The van der Waals surface area contributed by atoms with E-state index in [2.05, 4.69) is 0 Å². The van der Waals surface area contributed by atoms with Crippen molar-refractivity contribution in [1.82, 2.24) is 0 Å². The van der Waals surface area contributed by atoms with Gasteiger partial charge in [-0.15, -0.1) is 0 Å². The number of hydrogen-bond donors (Lipinski definition) is 4. The van der Waals surface area contributed by atoms with Crippen LogP contribution in [-0.4, -0.2) is 28.1 Å². The standard InChI is InChI=1S/C5H11NO2.C3H9N.H3O2P/c1-2-3-4(6)5(7)8;1-3(2)4;1-3-2/h4H,2-3,6H2,1H3,(H,7,8);3H,4H2,1-2H3;3H2,(H,1,2). The van der Waals surface area contributed by atoms with Crippen LogP contribution in [0.3, 0.4) is 0 Å². The molecule has 0 aromatic rings. The van der Waals surface area contributed by atoms with Crippen molar-refractivity contribution in [2.24, 2.45) is 11.5 Å². The van der Waals surface area contributed by atoms with E-state index >= 15 is 0 Å². The maximum atomic E-state index is 9.96. The van der Waals surface area contributed by atoms with Gasteiger partial charge in [0.05, 0.1) is 0 Å². The largest absolute Gasteiger partial charge is 0.480 e. The fraction of sp³-hybridized carbons (Fsp3) is 0.875. The van der Waals surface area contributed by atoms with Crippen LogP contribution in [-0.2, 0) is 9.36 Å². The first-order valence-corrected chi connectivity index (χ1v) is 5.63. The Hall–Kier alpha value is -0.420. The topological polar surface area (TPSA) is 127 Å². The van der Waals surface area contributed by atoms with Gasteiger partial charge in [-0.2, -0.15) is 0 Å². The van der Waals surface area contributed by atoms with Gasteiger partial charge in [0.15, 0.2) is 8.69 Å². The van der Waals surface area contributed by atoms with Crippen LogP contribution in [0.2, 0.25) is 0 Å². The molecule has 0 saturated heterocycles. The Balaban J connectivity index is -0.000000173. The van der Waals surface area contributed by atoms with Gasteiger partial charge >= 0.3 is 5.97 Å². The number of nitrogens with two attached hydrogens (primary N) is 2. The highest BCUT2D eigenvalue weighted by atomic mass is 31.1. The monoisotopic (exact) mass is 242 g/mol. The van der Waals surface area contributed by atoms with Crippen LogP contribution in [0.4, 0.5) is 0 Å². The molecule has 2 unspecified atom stereocenters. The lowest BCUT2D eigenvalue weighted by Gasteiger charge is -2.00. The molecular formula is C8H23N2O4P. The van der Waals surface area contributed by atoms with Crippen molar-refractivity contribution in [2.45, 2.75) is 45.7 Å². The first kappa shape index (κ1) is 20.1. The summed E-state index contributed by atoms with van der Waals surface area (Å²) >= 11 is 0. The zero-order valence-electron chi connectivity index (χ0n) is 9.51. The minimum Gasteiger partial charge on any atom is -0.480 e. The Morgan fingerprint density at radius 3 is 1.73 bits per heavy atom. The molecule has 7 heteroatoms. The molecule has 0 saturated carbocycles. The second kappa shape index (κ2) is 16.0. The van der Waals surface area contributed by atoms with Gasteiger partial charge in [-0.1, -0.05) is 27.2 Å². The van der Waals surface area contributed by atoms with Crippen LogP contribution in [0.25, 0.3) is 0 Å². The third-order valence-corrected chi connectivity index (χ3v) is 0.917. The average molecular weight is 242 g/mol. The van der Waals surface area contributed by atoms with E-state index in [4.69, 9.17) is 26.0 Å². The van der Waals surface area contributed by atoms with Crippen molar-refractivity contribution in [3.63, 3.8) is 0 Å². The SMILES string of the molecule is CC(C)N.CCCC(N)C(=O)O.O=[PH2]O. The summed E-state index contributed by atoms with van der Waals surface area (Å²) in [5.74, 6) is -0.910. The normalized spacial score (nSPS) is 11.4. The van der Waals surface area contributed by atoms with Crippen molar-refractivity contribution in [2.75, 3.05) is 0 Å². The fourth-order valence-corrected chi connectivity index (χ4v) is 0.434. The molecule has 0 amide bonds. The first-order valence-electron chi connectivity index (χ1n) is 4.65. The summed E-state index contributed by atoms with van der Waals surface area (Å²) in [7, 11) is -1.50. The lowest BCUT2D eigenvalue weighted by Crippen LogP contribution is -2.29. The highest BCUT2D eigenvalue weighted by molar-refractivity contribution is 7.16. The average Bonchev–Trinajstić information content (AvgIpc) is 2.04. The Labute approximate surface area is 91.9 Å². The van der Waals surface area contributed by atoms with Crippen molar-refractivity contribution in [3.8, 4) is 0 Å². The summed E-state index contributed by atoms with van der Waals surface area (Å²) in [6, 6.07) is -0.333. The van der Waals surface area contributed by atoms with Crippen LogP contribution in [0.5, 0.6) is 0 Å². The quantitative estimate of drug-likeness (QED) is 0.524. The predicted octanol–water partition coefficient (Wildman–Crippen LogP) is 0.202. The minimum absolute atomic E-state index is 0.333. The van der Waals surface area contributed by atoms with Gasteiger partial charge in [0, 0.05) is 0 Å². The summed E-state index contributed by atoms with van der Waals surface area (Å²) in [6.45, 7) is 5.79. The van der Waals surface area contributed by atoms with Crippen molar-refractivity contribution >= 4 is 14.7 Å². The van der Waals surface area contributed by atoms with Crippen molar-refractivity contribution in [1.29, 1.82) is 0 Å². The molecule has 0 spiro atoms. The second-order valence-corrected chi connectivity index (χ2v) is 3.29. The van der Waals surface area contributed by atoms with E-state index in [-0.39, 0.29) is 0 Å². The Kier molecular flexibility index (Phi) is 21.4. The van der Waals surface area contributed by atoms with E-state index in [1.807, 2.05) is 20.8 Å². The summed E-state index contributed by atoms with van der Waals surface area (Å²) in [4.78, 5) is 17.1. The molecule has 15 heavy (non-hydrogen) atoms. The molecule has 0 radical (unpaired) electrons. The lowest BCUT2D eigenvalue weighted by molar-refractivity contribution is -0.138. The molecule has 6 nitrogen and oxygen atoms in total. The maximum absolute atomic E-state index is 9.96. The van der Waals surface area contributed by atoms with Crippen LogP contribution < -0.4 is 11.5 Å². The number of aliphatic carboxylic acids is 1. The predicted molar refractivity (Wildman–Crippen MR) is 62.5 cm³/mol. The highest BCUT2D eigenvalue weighted by Crippen LogP contribution is 1.91. The van der Waals surface area contributed by atoms with E-state index in [0.29, 0.717) is 12.5 Å². The van der Waals surface area contributed by atoms with Gasteiger partial charge in [0.25, 0.3) is 0 Å². The van der Waals surface area contributed by atoms with E-state index in [1.165, 1.54) is 0 Å². The Bertz CT molecular complexity index is 153. The molecule has 0 heterocycles. The van der Waals surface area contributed by atoms with Gasteiger partial charge in [-0.25, -0.2) is 0 Å². The zero-order valence-corrected chi connectivity index (χ0v) is 10.7. The molecule has 0 aromatic carbocycles. The highest BCUT2D eigenvalue weighted by Gasteiger charge is 2.07. The molecule has 0 fully saturated rings. The number of carboxylic acid groups (broad SMARTS) is 1. The van der Waals surface area contributed by atoms with Crippen LogP contribution in [0, 0.1) is 0 Å². The third kappa shape index (κ3) is 42.1. The smallest absolute Gasteiger partial charge is 0.320 e. The summed E-state index contributed by atoms with van der Waals surface area (Å²) < 4.78 is 8.57. The maximum Gasteiger partial charge on any atom is 0.320 e. The summed E-state index contributed by atoms with van der Waals surface area (Å²) in [6.07, 6.45) is 1.39. The van der Waals surface area contributed by atoms with E-state index in [1.54, 1.807) is 0 Å². The van der Waals surface area contributed by atoms with Gasteiger partial charge in [-0.05, 0) is 12.5 Å². The first-order chi connectivity index (χ1) is 6.83. The number of rotatable bonds is 3. The van der Waals surface area contributed by atoms with Crippen LogP contribution >= 0.6 is 8.69 Å². The van der Waals surface area contributed by atoms with E-state index in [0.717, 1.165) is 6.42 Å². The molecule has 0 aliphatic heterocycles. The second-order valence-electron chi connectivity index (χ2n) is 3.08. The molecule has 6 N–H and O–H groups in total. The van der Waals surface area contributed by atoms with E-state index in [9.17, 15) is 4.79 Å². The molecule has 2 atom stereocenters. The summed E-state index contributed by atoms with van der Waals surface area (Å²) in [5.41, 5.74) is 10.2. The van der Waals surface area contributed by atoms with E-state index < -0.39 is 20.7 Å². The van der Waals surface area contributed by atoms with Crippen molar-refractivity contribution in [3.05, 3.63) is 0 Å². The summed E-state index contributed by atoms with van der Waals surface area (Å²) in [5, 5.41) is 8.19. The molecule has 0 aromatic heterocycles. The van der Waals surface area contributed by atoms with Gasteiger partial charge in [0.1, 0.15) is 6.04 Å². The molecule has 0 aliphatic rings. The minimum atomic E-state index is -1.50. The zero-order chi connectivity index (χ0) is 12.9. The molecular weight excluding hydrogens is 219 g/mol. The fourth-order valence-electron chi connectivity index (χ4n) is 0.434. The van der Waals surface area contributed by atoms with Gasteiger partial charge in [0.2, 0.25) is 0 Å². The molecule has 0 rings (SSSR count). The van der Waals surface area contributed by atoms with Gasteiger partial charge < -0.3 is 21.5 Å². The number of carbonyl (C=O) groups is 1. The third-order valence-electron chi connectivity index (χ3n) is 0.917. The lowest BCUT2D eigenvalue weighted by atomic mass is 10.2.